The molecule has 0 aliphatic heterocycles. The largest absolute Gasteiger partial charge is 0.368 e. The zero-order valence-corrected chi connectivity index (χ0v) is 16.2. The zero-order valence-electron chi connectivity index (χ0n) is 16.2. The number of carbonyl (C=O) groups excluding carboxylic acids is 2. The second-order valence-electron chi connectivity index (χ2n) is 6.78. The second kappa shape index (κ2) is 8.07. The number of fused-ring (bicyclic) bond motifs is 2. The van der Waals surface area contributed by atoms with Crippen LogP contribution < -0.4 is 16.4 Å². The highest BCUT2D eigenvalue weighted by atomic mass is 16.6. The second-order valence-corrected chi connectivity index (χ2v) is 6.78. The third kappa shape index (κ3) is 3.97. The van der Waals surface area contributed by atoms with E-state index < -0.39 is 16.7 Å². The molecule has 9 heteroatoms. The average molecular weight is 415 g/mol. The topological polar surface area (TPSA) is 140 Å². The van der Waals surface area contributed by atoms with Gasteiger partial charge in [-0.3, -0.25) is 19.7 Å². The highest BCUT2D eigenvalue weighted by Crippen LogP contribution is 2.36. The van der Waals surface area contributed by atoms with Crippen LogP contribution >= 0.6 is 0 Å². The van der Waals surface area contributed by atoms with Gasteiger partial charge in [0, 0.05) is 22.4 Å². The first-order valence-corrected chi connectivity index (χ1v) is 9.33. The van der Waals surface area contributed by atoms with Crippen molar-refractivity contribution in [1.82, 2.24) is 10.3 Å². The number of nitrogens with one attached hydrogen (secondary N) is 2. The third-order valence-corrected chi connectivity index (χ3v) is 4.73. The standard InChI is InChI=1S/C22H17N5O4/c23-20(28)12-24-22(29)13-9-10-18(19(11-13)27(30)31)26-21-14-5-1-3-7-16(14)25-17-8-4-2-6-15(17)21/h1-11H,12H2,(H2,23,28)(H,24,29)(H,25,26). The maximum atomic E-state index is 12.2. The number of para-hydroxylation sites is 2. The van der Waals surface area contributed by atoms with Crippen molar-refractivity contribution < 1.29 is 14.5 Å². The Morgan fingerprint density at radius 2 is 1.58 bits per heavy atom. The molecular weight excluding hydrogens is 398 g/mol. The summed E-state index contributed by atoms with van der Waals surface area (Å²) >= 11 is 0. The number of primary amides is 1. The fraction of sp³-hybridized carbons (Fsp3) is 0.0455. The van der Waals surface area contributed by atoms with Gasteiger partial charge in [0.05, 0.1) is 28.2 Å². The Hall–Kier alpha value is -4.53. The van der Waals surface area contributed by atoms with Gasteiger partial charge < -0.3 is 16.4 Å². The number of nitro groups is 1. The molecule has 0 aliphatic carbocycles. The van der Waals surface area contributed by atoms with Crippen LogP contribution in [0.5, 0.6) is 0 Å². The summed E-state index contributed by atoms with van der Waals surface area (Å²) in [7, 11) is 0. The number of nitrogens with zero attached hydrogens (tertiary/aromatic N) is 2. The Morgan fingerprint density at radius 1 is 0.968 bits per heavy atom. The number of amides is 2. The van der Waals surface area contributed by atoms with Gasteiger partial charge in [0.25, 0.3) is 11.6 Å². The summed E-state index contributed by atoms with van der Waals surface area (Å²) in [5.41, 5.74) is 7.17. The molecule has 9 nitrogen and oxygen atoms in total. The lowest BCUT2D eigenvalue weighted by atomic mass is 10.1. The van der Waals surface area contributed by atoms with Crippen LogP contribution in [0.15, 0.2) is 66.7 Å². The molecule has 0 saturated heterocycles. The van der Waals surface area contributed by atoms with Crippen LogP contribution in [0.1, 0.15) is 10.4 Å². The van der Waals surface area contributed by atoms with E-state index in [2.05, 4.69) is 15.6 Å². The van der Waals surface area contributed by atoms with Crippen LogP contribution in [0.3, 0.4) is 0 Å². The number of aromatic nitrogens is 1. The van der Waals surface area contributed by atoms with E-state index in [4.69, 9.17) is 5.73 Å². The van der Waals surface area contributed by atoms with Crippen LogP contribution in [-0.4, -0.2) is 28.3 Å². The third-order valence-electron chi connectivity index (χ3n) is 4.73. The van der Waals surface area contributed by atoms with Crippen LogP contribution in [0.2, 0.25) is 0 Å². The summed E-state index contributed by atoms with van der Waals surface area (Å²) < 4.78 is 0. The van der Waals surface area contributed by atoms with Crippen molar-refractivity contribution in [3.63, 3.8) is 0 Å². The maximum Gasteiger partial charge on any atom is 0.293 e. The van der Waals surface area contributed by atoms with Gasteiger partial charge >= 0.3 is 0 Å². The monoisotopic (exact) mass is 415 g/mol. The van der Waals surface area contributed by atoms with Crippen LogP contribution in [-0.2, 0) is 4.79 Å². The minimum Gasteiger partial charge on any atom is -0.368 e. The number of anilines is 2. The number of benzene rings is 3. The lowest BCUT2D eigenvalue weighted by molar-refractivity contribution is -0.383. The van der Waals surface area contributed by atoms with Gasteiger partial charge in [0.15, 0.2) is 0 Å². The van der Waals surface area contributed by atoms with Gasteiger partial charge in [0.1, 0.15) is 5.69 Å². The Balaban J connectivity index is 1.80. The first-order valence-electron chi connectivity index (χ1n) is 9.33. The Morgan fingerprint density at radius 3 is 2.16 bits per heavy atom. The summed E-state index contributed by atoms with van der Waals surface area (Å²) in [5, 5.41) is 18.8. The quantitative estimate of drug-likeness (QED) is 0.251. The van der Waals surface area contributed by atoms with Crippen LogP contribution in [0.4, 0.5) is 17.1 Å². The molecule has 0 unspecified atom stereocenters. The molecule has 2 amide bonds. The van der Waals surface area contributed by atoms with Gasteiger partial charge in [-0.15, -0.1) is 0 Å². The van der Waals surface area contributed by atoms with Gasteiger partial charge in [-0.1, -0.05) is 36.4 Å². The molecule has 0 bridgehead atoms. The predicted molar refractivity (Wildman–Crippen MR) is 117 cm³/mol. The van der Waals surface area contributed by atoms with Crippen molar-refractivity contribution in [1.29, 1.82) is 0 Å². The Bertz CT molecular complexity index is 1300. The molecule has 4 rings (SSSR count). The molecule has 154 valence electrons. The Kier molecular flexibility index (Phi) is 5.15. The van der Waals surface area contributed by atoms with E-state index in [0.29, 0.717) is 5.69 Å². The van der Waals surface area contributed by atoms with E-state index in [0.717, 1.165) is 27.9 Å². The first kappa shape index (κ1) is 19.8. The fourth-order valence-electron chi connectivity index (χ4n) is 3.31. The molecule has 0 radical (unpaired) electrons. The molecule has 0 aliphatic rings. The van der Waals surface area contributed by atoms with Crippen LogP contribution in [0.25, 0.3) is 21.8 Å². The SMILES string of the molecule is NC(=O)CNC(=O)c1ccc(Nc2c3ccccc3nc3ccccc23)c([N+](=O)[O-])c1. The summed E-state index contributed by atoms with van der Waals surface area (Å²) in [6.45, 7) is -0.359. The average Bonchev–Trinajstić information content (AvgIpc) is 2.77. The Labute approximate surface area is 176 Å². The van der Waals surface area contributed by atoms with Crippen molar-refractivity contribution in [2.24, 2.45) is 5.73 Å². The summed E-state index contributed by atoms with van der Waals surface area (Å²) in [6, 6.07) is 19.0. The number of hydrogen-bond donors (Lipinski definition) is 3. The summed E-state index contributed by atoms with van der Waals surface area (Å²) in [6.07, 6.45) is 0. The molecule has 0 spiro atoms. The van der Waals surface area contributed by atoms with E-state index in [1.54, 1.807) is 0 Å². The molecule has 1 aromatic heterocycles. The molecule has 31 heavy (non-hydrogen) atoms. The van der Waals surface area contributed by atoms with E-state index >= 15 is 0 Å². The molecule has 0 atom stereocenters. The minimum atomic E-state index is -0.711. The van der Waals surface area contributed by atoms with E-state index in [9.17, 15) is 19.7 Å². The number of hydrogen-bond acceptors (Lipinski definition) is 6. The first-order chi connectivity index (χ1) is 14.9. The number of rotatable bonds is 6. The number of nitro benzene ring substituents is 1. The number of nitrogens with two attached hydrogens (primary N) is 1. The maximum absolute atomic E-state index is 12.2. The van der Waals surface area contributed by atoms with Gasteiger partial charge in [-0.2, -0.15) is 0 Å². The molecule has 4 N–H and O–H groups in total. The van der Waals surface area contributed by atoms with Gasteiger partial charge in [-0.05, 0) is 24.3 Å². The summed E-state index contributed by atoms with van der Waals surface area (Å²) in [4.78, 5) is 38.8. The van der Waals surface area contributed by atoms with E-state index in [1.165, 1.54) is 12.1 Å². The highest BCUT2D eigenvalue weighted by Gasteiger charge is 2.20. The fourth-order valence-corrected chi connectivity index (χ4v) is 3.31. The van der Waals surface area contributed by atoms with Crippen molar-refractivity contribution in [2.45, 2.75) is 0 Å². The predicted octanol–water partition coefficient (Wildman–Crippen LogP) is 3.25. The van der Waals surface area contributed by atoms with E-state index in [-0.39, 0.29) is 23.5 Å². The molecule has 0 saturated carbocycles. The van der Waals surface area contributed by atoms with Crippen molar-refractivity contribution >= 4 is 50.7 Å². The molecule has 0 fully saturated rings. The molecule has 3 aromatic carbocycles. The summed E-state index contributed by atoms with van der Waals surface area (Å²) in [5.74, 6) is -1.34. The molecule has 1 heterocycles. The molecule has 4 aromatic rings. The highest BCUT2D eigenvalue weighted by molar-refractivity contribution is 6.09. The minimum absolute atomic E-state index is 0.0444. The lowest BCUT2D eigenvalue weighted by Crippen LogP contribution is -2.33. The lowest BCUT2D eigenvalue weighted by Gasteiger charge is -2.14. The van der Waals surface area contributed by atoms with Crippen LogP contribution in [0, 0.1) is 10.1 Å². The van der Waals surface area contributed by atoms with Crippen molar-refractivity contribution in [3.8, 4) is 0 Å². The van der Waals surface area contributed by atoms with E-state index in [1.807, 2.05) is 48.5 Å². The smallest absolute Gasteiger partial charge is 0.293 e. The molecular formula is C22H17N5O4. The van der Waals surface area contributed by atoms with Crippen molar-refractivity contribution in [2.75, 3.05) is 11.9 Å². The zero-order chi connectivity index (χ0) is 22.0. The van der Waals surface area contributed by atoms with Crippen molar-refractivity contribution in [3.05, 3.63) is 82.4 Å². The number of pyridine rings is 1. The van der Waals surface area contributed by atoms with Gasteiger partial charge in [-0.25, -0.2) is 4.98 Å². The number of carbonyl (C=O) groups is 2. The normalized spacial score (nSPS) is 10.7. The van der Waals surface area contributed by atoms with Gasteiger partial charge in [0.2, 0.25) is 5.91 Å².